The van der Waals surface area contributed by atoms with Crippen LogP contribution in [0.1, 0.15) is 66.7 Å². The molecular weight excluding hydrogens is 790 g/mol. The van der Waals surface area contributed by atoms with Crippen LogP contribution in [-0.4, -0.2) is 68.0 Å². The Kier molecular flexibility index (Phi) is 11.6. The number of ether oxygens (including phenoxy) is 1. The van der Waals surface area contributed by atoms with E-state index in [1.807, 2.05) is 130 Å². The minimum Gasteiger partial charge on any atom is -0.486 e. The number of amides is 1. The molecule has 61 heavy (non-hydrogen) atoms. The third-order valence-electron chi connectivity index (χ3n) is 13.6. The molecule has 0 radical (unpaired) electrons. The van der Waals surface area contributed by atoms with Gasteiger partial charge < -0.3 is 19.8 Å². The van der Waals surface area contributed by atoms with Gasteiger partial charge in [-0.3, -0.25) is 28.9 Å². The SMILES string of the molecule is CN(C)[C@@H]1C(=O)C(C(N)=O)C(=O)[C@@]2(O[Si](C)(C)C(C)(C)C)C(=O)C3C(=O)c4c(c(F)cc(N(Cc5ccccc5)Cc5ccccc5)c4OCc4ccccc4)C[C@@]3(C)C[C@@H]12. The van der Waals surface area contributed by atoms with E-state index in [2.05, 4.69) is 0 Å². The fourth-order valence-corrected chi connectivity index (χ4v) is 11.1. The van der Waals surface area contributed by atoms with Crippen molar-refractivity contribution in [3.05, 3.63) is 131 Å². The van der Waals surface area contributed by atoms with Gasteiger partial charge in [0.25, 0.3) is 0 Å². The van der Waals surface area contributed by atoms with Gasteiger partial charge in [-0.1, -0.05) is 119 Å². The lowest BCUT2D eigenvalue weighted by Crippen LogP contribution is -2.78. The van der Waals surface area contributed by atoms with Crippen LogP contribution in [-0.2, 0) is 49.7 Å². The lowest BCUT2D eigenvalue weighted by molar-refractivity contribution is -0.182. The first kappa shape index (κ1) is 43.8. The smallest absolute Gasteiger partial charge is 0.235 e. The molecule has 2 saturated carbocycles. The number of anilines is 1. The topological polar surface area (TPSA) is 136 Å². The Hall–Kier alpha value is -5.30. The molecule has 0 bridgehead atoms. The van der Waals surface area contributed by atoms with Crippen LogP contribution in [0.2, 0.25) is 18.1 Å². The van der Waals surface area contributed by atoms with Crippen molar-refractivity contribution in [3.8, 4) is 5.75 Å². The van der Waals surface area contributed by atoms with Gasteiger partial charge in [-0.05, 0) is 67.2 Å². The van der Waals surface area contributed by atoms with Crippen LogP contribution in [0.15, 0.2) is 97.1 Å². The maximum absolute atomic E-state index is 17.2. The number of likely N-dealkylation sites (N-methyl/N-ethyl adjacent to an activating group) is 1. The van der Waals surface area contributed by atoms with Crippen molar-refractivity contribution in [1.29, 1.82) is 0 Å². The molecule has 4 aromatic carbocycles. The van der Waals surface area contributed by atoms with Crippen LogP contribution in [0.5, 0.6) is 5.75 Å². The van der Waals surface area contributed by atoms with Crippen LogP contribution in [0.3, 0.4) is 0 Å². The van der Waals surface area contributed by atoms with Gasteiger partial charge in [0.2, 0.25) is 5.91 Å². The highest BCUT2D eigenvalue weighted by Gasteiger charge is 2.74. The van der Waals surface area contributed by atoms with Crippen molar-refractivity contribution in [3.63, 3.8) is 0 Å². The number of hydrogen-bond acceptors (Lipinski definition) is 9. The number of fused-ring (bicyclic) bond motifs is 3. The highest BCUT2D eigenvalue weighted by Crippen LogP contribution is 2.60. The summed E-state index contributed by atoms with van der Waals surface area (Å²) >= 11 is 0. The fraction of sp³-hybridized carbons (Fsp3) is 0.408. The third kappa shape index (κ3) is 7.67. The normalized spacial score (nSPS) is 25.1. The Morgan fingerprint density at radius 2 is 1.38 bits per heavy atom. The molecule has 0 aromatic heterocycles. The molecule has 6 atom stereocenters. The maximum atomic E-state index is 17.2. The van der Waals surface area contributed by atoms with Gasteiger partial charge in [-0.25, -0.2) is 4.39 Å². The van der Waals surface area contributed by atoms with E-state index in [1.54, 1.807) is 25.9 Å². The molecule has 10 nitrogen and oxygen atoms in total. The van der Waals surface area contributed by atoms with E-state index < -0.39 is 83.0 Å². The highest BCUT2D eigenvalue weighted by molar-refractivity contribution is 6.74. The van der Waals surface area contributed by atoms with Gasteiger partial charge in [0.05, 0.1) is 23.2 Å². The van der Waals surface area contributed by atoms with E-state index in [4.69, 9.17) is 14.9 Å². The van der Waals surface area contributed by atoms with Gasteiger partial charge in [0.1, 0.15) is 12.4 Å². The summed E-state index contributed by atoms with van der Waals surface area (Å²) in [5.74, 6) is -9.54. The first-order valence-corrected chi connectivity index (χ1v) is 23.8. The van der Waals surface area contributed by atoms with Crippen molar-refractivity contribution in [2.75, 3.05) is 19.0 Å². The summed E-state index contributed by atoms with van der Waals surface area (Å²) in [4.78, 5) is 77.5. The zero-order chi connectivity index (χ0) is 44.2. The number of ketones is 4. The zero-order valence-corrected chi connectivity index (χ0v) is 37.3. The van der Waals surface area contributed by atoms with Gasteiger partial charge in [0.15, 0.2) is 48.7 Å². The third-order valence-corrected chi connectivity index (χ3v) is 18.0. The van der Waals surface area contributed by atoms with E-state index in [0.29, 0.717) is 18.8 Å². The summed E-state index contributed by atoms with van der Waals surface area (Å²) in [7, 11) is 0.168. The van der Waals surface area contributed by atoms with Crippen molar-refractivity contribution < 1.29 is 37.5 Å². The number of nitrogens with zero attached hydrogens (tertiary/aromatic N) is 2. The molecule has 2 unspecified atom stereocenters. The Morgan fingerprint density at radius 1 is 0.852 bits per heavy atom. The van der Waals surface area contributed by atoms with Crippen molar-refractivity contribution in [2.45, 2.75) is 90.0 Å². The highest BCUT2D eigenvalue weighted by atomic mass is 28.4. The Balaban J connectivity index is 1.46. The number of Topliss-reactive ketones (excluding diaryl/α,β-unsaturated/α-hetero) is 4. The number of benzene rings is 4. The summed E-state index contributed by atoms with van der Waals surface area (Å²) in [5.41, 5.74) is 5.24. The van der Waals surface area contributed by atoms with Crippen LogP contribution >= 0.6 is 0 Å². The summed E-state index contributed by atoms with van der Waals surface area (Å²) in [6, 6.07) is 29.1. The van der Waals surface area contributed by atoms with Gasteiger partial charge in [-0.15, -0.1) is 0 Å². The monoisotopic (exact) mass is 845 g/mol. The number of rotatable bonds is 12. The van der Waals surface area contributed by atoms with Crippen LogP contribution in [0.25, 0.3) is 0 Å². The van der Waals surface area contributed by atoms with E-state index in [1.165, 1.54) is 6.07 Å². The number of hydrogen-bond donors (Lipinski definition) is 1. The predicted molar refractivity (Wildman–Crippen MR) is 234 cm³/mol. The summed E-state index contributed by atoms with van der Waals surface area (Å²) < 4.78 is 31.0. The minimum absolute atomic E-state index is 0.0233. The number of halogens is 1. The molecule has 320 valence electrons. The largest absolute Gasteiger partial charge is 0.486 e. The molecule has 3 aliphatic rings. The van der Waals surface area contributed by atoms with Gasteiger partial charge >= 0.3 is 0 Å². The second-order valence-corrected chi connectivity index (χ2v) is 23.8. The molecule has 7 rings (SSSR count). The molecule has 4 aromatic rings. The molecule has 12 heteroatoms. The lowest BCUT2D eigenvalue weighted by atomic mass is 9.47. The van der Waals surface area contributed by atoms with E-state index in [-0.39, 0.29) is 36.3 Å². The number of nitrogens with two attached hydrogens (primary N) is 1. The fourth-order valence-electron chi connectivity index (χ4n) is 9.64. The molecule has 2 fully saturated rings. The number of carbonyl (C=O) groups excluding carboxylic acids is 5. The lowest BCUT2D eigenvalue weighted by Gasteiger charge is -2.60. The molecule has 0 aliphatic heterocycles. The van der Waals surface area contributed by atoms with E-state index in [0.717, 1.165) is 16.7 Å². The van der Waals surface area contributed by atoms with Crippen molar-refractivity contribution >= 4 is 43.0 Å². The second kappa shape index (κ2) is 16.2. The Morgan fingerprint density at radius 3 is 1.87 bits per heavy atom. The van der Waals surface area contributed by atoms with Crippen LogP contribution < -0.4 is 15.4 Å². The molecule has 3 aliphatic carbocycles. The summed E-state index contributed by atoms with van der Waals surface area (Å²) in [6.45, 7) is 12.1. The van der Waals surface area contributed by atoms with Gasteiger partial charge in [-0.2, -0.15) is 0 Å². The molecule has 0 saturated heterocycles. The van der Waals surface area contributed by atoms with E-state index >= 15 is 18.8 Å². The first-order chi connectivity index (χ1) is 28.7. The number of primary amides is 1. The molecule has 1 amide bonds. The van der Waals surface area contributed by atoms with Crippen molar-refractivity contribution in [1.82, 2.24) is 4.90 Å². The average Bonchev–Trinajstić information content (AvgIpc) is 3.19. The van der Waals surface area contributed by atoms with Crippen LogP contribution in [0.4, 0.5) is 10.1 Å². The number of carbonyl (C=O) groups is 5. The summed E-state index contributed by atoms with van der Waals surface area (Å²) in [6.07, 6.45) is -0.0886. The second-order valence-electron chi connectivity index (χ2n) is 19.1. The maximum Gasteiger partial charge on any atom is 0.235 e. The van der Waals surface area contributed by atoms with Crippen LogP contribution in [0, 0.1) is 29.0 Å². The molecule has 0 spiro atoms. The first-order valence-electron chi connectivity index (χ1n) is 20.9. The molecule has 0 heterocycles. The zero-order valence-electron chi connectivity index (χ0n) is 36.3. The predicted octanol–water partition coefficient (Wildman–Crippen LogP) is 7.51. The van der Waals surface area contributed by atoms with E-state index in [9.17, 15) is 9.59 Å². The Bertz CT molecular complexity index is 2330. The quantitative estimate of drug-likeness (QED) is 0.114. The Labute approximate surface area is 358 Å². The molecular formula is C49H56FN3O7Si. The van der Waals surface area contributed by atoms with Gasteiger partial charge in [0, 0.05) is 30.6 Å². The van der Waals surface area contributed by atoms with Crippen molar-refractivity contribution in [2.24, 2.45) is 28.9 Å². The average molecular weight is 846 g/mol. The standard InChI is InChI=1S/C49H56FN3O7Si/c1-47(2,3)61(7,8)60-49-34(40(52(5)6)42(55)38(44(49)56)46(51)58)26-48(4)25-33-35(50)24-36(53(27-30-18-12-9-13-19-30)28-31-20-14-10-15-21-31)43(37(33)41(54)39(48)45(49)57)59-29-32-22-16-11-17-23-32/h9-24,34,38-40H,25-29H2,1-8H3,(H2,51,58)/t34-,38?,39?,40-,48-,49+/m0/s1. The minimum atomic E-state index is -3.11. The summed E-state index contributed by atoms with van der Waals surface area (Å²) in [5, 5.41) is -0.536. The molecule has 2 N–H and O–H groups in total.